The molecule has 0 amide bonds. The molecule has 1 saturated heterocycles. The van der Waals surface area contributed by atoms with Crippen molar-refractivity contribution >= 4 is 5.97 Å². The summed E-state index contributed by atoms with van der Waals surface area (Å²) in [4.78, 5) is 13.5. The zero-order chi connectivity index (χ0) is 21.8. The van der Waals surface area contributed by atoms with Crippen LogP contribution in [0.15, 0.2) is 30.3 Å². The number of aliphatic carboxylic acids is 1. The number of hydrogen-bond donors (Lipinski definition) is 1. The van der Waals surface area contributed by atoms with Crippen molar-refractivity contribution in [2.45, 2.75) is 18.9 Å². The number of ether oxygens (including phenoxy) is 3. The van der Waals surface area contributed by atoms with Crippen LogP contribution < -0.4 is 14.2 Å². The number of likely N-dealkylation sites (tertiary alicyclic amines) is 1. The molecule has 6 nitrogen and oxygen atoms in total. The van der Waals surface area contributed by atoms with Gasteiger partial charge in [-0.25, -0.2) is 8.78 Å². The lowest BCUT2D eigenvalue weighted by Crippen LogP contribution is -2.41. The number of carboxylic acids is 1. The number of piperidine rings is 1. The summed E-state index contributed by atoms with van der Waals surface area (Å²) >= 11 is 0. The molecule has 2 aromatic carbocycles. The summed E-state index contributed by atoms with van der Waals surface area (Å²) in [5, 5.41) is 9.51. The lowest BCUT2D eigenvalue weighted by atomic mass is 9.90. The van der Waals surface area contributed by atoms with E-state index in [2.05, 4.69) is 0 Å². The van der Waals surface area contributed by atoms with Gasteiger partial charge in [0.15, 0.2) is 11.5 Å². The lowest BCUT2D eigenvalue weighted by molar-refractivity contribution is -0.143. The molecular weight excluding hydrogens is 396 g/mol. The third-order valence-electron chi connectivity index (χ3n) is 5.45. The van der Waals surface area contributed by atoms with E-state index in [9.17, 15) is 18.7 Å². The van der Waals surface area contributed by atoms with Crippen molar-refractivity contribution in [3.05, 3.63) is 53.1 Å². The van der Waals surface area contributed by atoms with Crippen LogP contribution in [0.1, 0.15) is 30.0 Å². The van der Waals surface area contributed by atoms with Gasteiger partial charge in [0.05, 0.1) is 33.3 Å². The van der Waals surface area contributed by atoms with E-state index in [1.807, 2.05) is 4.90 Å². The zero-order valence-electron chi connectivity index (χ0n) is 17.2. The second kappa shape index (κ2) is 9.30. The predicted molar refractivity (Wildman–Crippen MR) is 106 cm³/mol. The molecular formula is C22H25F2NO5. The average Bonchev–Trinajstić information content (AvgIpc) is 2.75. The third kappa shape index (κ3) is 4.33. The van der Waals surface area contributed by atoms with Gasteiger partial charge in [-0.2, -0.15) is 0 Å². The zero-order valence-corrected chi connectivity index (χ0v) is 17.2. The fraction of sp³-hybridized carbons (Fsp3) is 0.409. The molecule has 0 bridgehead atoms. The first-order valence-electron chi connectivity index (χ1n) is 9.61. The first-order valence-corrected chi connectivity index (χ1v) is 9.61. The van der Waals surface area contributed by atoms with Crippen molar-refractivity contribution in [3.8, 4) is 17.2 Å². The van der Waals surface area contributed by atoms with E-state index in [0.29, 0.717) is 42.2 Å². The van der Waals surface area contributed by atoms with Crippen molar-refractivity contribution in [2.24, 2.45) is 5.92 Å². The normalized spacial score (nSPS) is 18.0. The Morgan fingerprint density at radius 3 is 2.30 bits per heavy atom. The number of carbonyl (C=O) groups is 1. The second-order valence-electron chi connectivity index (χ2n) is 7.19. The Balaban J connectivity index is 2.18. The van der Waals surface area contributed by atoms with Gasteiger partial charge in [-0.05, 0) is 31.5 Å². The van der Waals surface area contributed by atoms with Crippen LogP contribution in [0.2, 0.25) is 0 Å². The smallest absolute Gasteiger partial charge is 0.307 e. The monoisotopic (exact) mass is 421 g/mol. The van der Waals surface area contributed by atoms with E-state index in [0.717, 1.165) is 6.07 Å². The highest BCUT2D eigenvalue weighted by Crippen LogP contribution is 2.43. The average molecular weight is 421 g/mol. The minimum atomic E-state index is -0.891. The van der Waals surface area contributed by atoms with Crippen LogP contribution in [0.25, 0.3) is 0 Å². The summed E-state index contributed by atoms with van der Waals surface area (Å²) in [5.74, 6) is -1.57. The molecule has 30 heavy (non-hydrogen) atoms. The van der Waals surface area contributed by atoms with Gasteiger partial charge in [-0.1, -0.05) is 6.07 Å². The van der Waals surface area contributed by atoms with Crippen molar-refractivity contribution in [1.29, 1.82) is 0 Å². The maximum atomic E-state index is 14.9. The first kappa shape index (κ1) is 21.8. The lowest BCUT2D eigenvalue weighted by Gasteiger charge is -2.38. The molecule has 1 aliphatic heterocycles. The van der Waals surface area contributed by atoms with Crippen molar-refractivity contribution in [2.75, 3.05) is 34.4 Å². The Hall–Kier alpha value is -2.87. The molecule has 2 unspecified atom stereocenters. The van der Waals surface area contributed by atoms with Gasteiger partial charge < -0.3 is 19.3 Å². The summed E-state index contributed by atoms with van der Waals surface area (Å²) < 4.78 is 44.8. The molecule has 0 aromatic heterocycles. The molecule has 0 spiro atoms. The SMILES string of the molecule is COc1cc(OC)c(C(c2ccc(F)cc2F)N2CCCC(C(=O)O)C2)cc1OC. The molecule has 0 aliphatic carbocycles. The molecule has 2 atom stereocenters. The summed E-state index contributed by atoms with van der Waals surface area (Å²) in [6.07, 6.45) is 1.19. The minimum Gasteiger partial charge on any atom is -0.496 e. The molecule has 1 heterocycles. The van der Waals surface area contributed by atoms with Gasteiger partial charge in [0.25, 0.3) is 0 Å². The van der Waals surface area contributed by atoms with Crippen LogP contribution >= 0.6 is 0 Å². The third-order valence-corrected chi connectivity index (χ3v) is 5.45. The fourth-order valence-corrected chi connectivity index (χ4v) is 3.99. The van der Waals surface area contributed by atoms with E-state index in [1.54, 1.807) is 12.1 Å². The van der Waals surface area contributed by atoms with Crippen molar-refractivity contribution in [1.82, 2.24) is 4.90 Å². The van der Waals surface area contributed by atoms with Gasteiger partial charge in [0.1, 0.15) is 17.4 Å². The molecule has 1 N–H and O–H groups in total. The van der Waals surface area contributed by atoms with Crippen LogP contribution in [0, 0.1) is 17.6 Å². The van der Waals surface area contributed by atoms with Gasteiger partial charge in [0, 0.05) is 29.8 Å². The van der Waals surface area contributed by atoms with E-state index in [4.69, 9.17) is 14.2 Å². The van der Waals surface area contributed by atoms with Gasteiger partial charge in [-0.15, -0.1) is 0 Å². The van der Waals surface area contributed by atoms with Crippen molar-refractivity contribution in [3.63, 3.8) is 0 Å². The number of benzene rings is 2. The van der Waals surface area contributed by atoms with Crippen LogP contribution in [-0.2, 0) is 4.79 Å². The van der Waals surface area contributed by atoms with Gasteiger partial charge >= 0.3 is 5.97 Å². The predicted octanol–water partition coefficient (Wildman–Crippen LogP) is 3.88. The Labute approximate surface area is 174 Å². The van der Waals surface area contributed by atoms with Crippen LogP contribution in [0.5, 0.6) is 17.2 Å². The molecule has 1 aliphatic rings. The van der Waals surface area contributed by atoms with E-state index < -0.39 is 29.6 Å². The van der Waals surface area contributed by atoms with E-state index in [-0.39, 0.29) is 12.1 Å². The highest BCUT2D eigenvalue weighted by molar-refractivity contribution is 5.70. The summed E-state index contributed by atoms with van der Waals surface area (Å²) in [6, 6.07) is 6.04. The number of methoxy groups -OCH3 is 3. The van der Waals surface area contributed by atoms with E-state index in [1.165, 1.54) is 33.5 Å². The number of carboxylic acid groups (broad SMARTS) is 1. The summed E-state index contributed by atoms with van der Waals surface area (Å²) in [7, 11) is 4.47. The topological polar surface area (TPSA) is 68.2 Å². The molecule has 2 aromatic rings. The summed E-state index contributed by atoms with van der Waals surface area (Å²) in [5.41, 5.74) is 0.805. The minimum absolute atomic E-state index is 0.230. The second-order valence-corrected chi connectivity index (χ2v) is 7.19. The molecule has 1 fully saturated rings. The van der Waals surface area contributed by atoms with Crippen LogP contribution in [0.4, 0.5) is 8.78 Å². The molecule has 8 heteroatoms. The molecule has 162 valence electrons. The highest BCUT2D eigenvalue weighted by Gasteiger charge is 2.34. The van der Waals surface area contributed by atoms with Crippen molar-refractivity contribution < 1.29 is 32.9 Å². The largest absolute Gasteiger partial charge is 0.496 e. The van der Waals surface area contributed by atoms with Crippen LogP contribution in [0.3, 0.4) is 0 Å². The molecule has 0 saturated carbocycles. The maximum absolute atomic E-state index is 14.9. The molecule has 0 radical (unpaired) electrons. The Kier molecular flexibility index (Phi) is 6.77. The molecule has 3 rings (SSSR count). The number of hydrogen-bond acceptors (Lipinski definition) is 5. The Morgan fingerprint density at radius 2 is 1.70 bits per heavy atom. The number of nitrogens with zero attached hydrogens (tertiary/aromatic N) is 1. The quantitative estimate of drug-likeness (QED) is 0.732. The standard InChI is InChI=1S/C22H25F2NO5/c1-28-18-11-20(30-3)19(29-2)10-16(18)21(15-7-6-14(23)9-17(15)24)25-8-4-5-13(12-25)22(26)27/h6-7,9-11,13,21H,4-5,8,12H2,1-3H3,(H,26,27). The Bertz CT molecular complexity index is 921. The number of halogens is 2. The van der Waals surface area contributed by atoms with Gasteiger partial charge in [-0.3, -0.25) is 9.69 Å². The maximum Gasteiger partial charge on any atom is 0.307 e. The van der Waals surface area contributed by atoms with Crippen LogP contribution in [-0.4, -0.2) is 50.4 Å². The van der Waals surface area contributed by atoms with E-state index >= 15 is 0 Å². The first-order chi connectivity index (χ1) is 14.4. The number of rotatable bonds is 7. The highest BCUT2D eigenvalue weighted by atomic mass is 19.1. The van der Waals surface area contributed by atoms with Gasteiger partial charge in [0.2, 0.25) is 0 Å². The fourth-order valence-electron chi connectivity index (χ4n) is 3.99. The summed E-state index contributed by atoms with van der Waals surface area (Å²) in [6.45, 7) is 0.789. The Morgan fingerprint density at radius 1 is 1.03 bits per heavy atom.